The van der Waals surface area contributed by atoms with Crippen LogP contribution in [0.5, 0.6) is 28.7 Å². The van der Waals surface area contributed by atoms with Gasteiger partial charge in [0, 0.05) is 67.6 Å². The van der Waals surface area contributed by atoms with Gasteiger partial charge in [0.2, 0.25) is 24.5 Å². The van der Waals surface area contributed by atoms with Gasteiger partial charge in [-0.25, -0.2) is 4.39 Å². The first-order valence-electron chi connectivity index (χ1n) is 31.2. The molecule has 4 atom stereocenters. The summed E-state index contributed by atoms with van der Waals surface area (Å²) in [6.45, 7) is 3.55. The van der Waals surface area contributed by atoms with Crippen molar-refractivity contribution in [2.45, 2.75) is 102 Å². The summed E-state index contributed by atoms with van der Waals surface area (Å²) in [5, 5.41) is 9.42. The Hall–Kier alpha value is -10.8. The fourth-order valence-corrected chi connectivity index (χ4v) is 11.4. The number of ether oxygens (including phenoxy) is 6. The number of methoxy groups -OCH3 is 3. The second-order valence-corrected chi connectivity index (χ2v) is 23.1. The first-order valence-corrected chi connectivity index (χ1v) is 31.6. The molecule has 96 heavy (non-hydrogen) atoms. The summed E-state index contributed by atoms with van der Waals surface area (Å²) in [5.41, 5.74) is 5.33. The number of carbonyl (C=O) groups is 6. The number of nitrogens with zero attached hydrogens (tertiary/aromatic N) is 3. The van der Waals surface area contributed by atoms with Gasteiger partial charge in [-0.05, 0) is 121 Å². The maximum atomic E-state index is 14.8. The molecule has 7 aromatic rings. The summed E-state index contributed by atoms with van der Waals surface area (Å²) < 4.78 is 47.2. The smallest absolute Gasteiger partial charge is 0.303 e. The maximum Gasteiger partial charge on any atom is 0.303 e. The molecule has 3 aliphatic rings. The van der Waals surface area contributed by atoms with E-state index in [0.29, 0.717) is 69.3 Å². The molecule has 1 saturated heterocycles. The van der Waals surface area contributed by atoms with E-state index in [1.807, 2.05) is 61.5 Å². The summed E-state index contributed by atoms with van der Waals surface area (Å²) in [7, 11) is 4.60. The molecule has 0 aromatic heterocycles. The van der Waals surface area contributed by atoms with E-state index in [0.717, 1.165) is 55.2 Å². The van der Waals surface area contributed by atoms with Gasteiger partial charge in [-0.1, -0.05) is 140 Å². The average molecular weight is 1320 g/mol. The predicted octanol–water partition coefficient (Wildman–Crippen LogP) is 11.1. The number of aryl methyl sites for hydroxylation is 1. The van der Waals surface area contributed by atoms with E-state index in [1.165, 1.54) is 53.5 Å². The van der Waals surface area contributed by atoms with Crippen molar-refractivity contribution in [1.29, 1.82) is 0 Å². The number of nitrogens with one attached hydrogen (secondary N) is 3. The molecule has 10 rings (SSSR count). The Morgan fingerprint density at radius 1 is 0.573 bits per heavy atom. The van der Waals surface area contributed by atoms with Crippen molar-refractivity contribution >= 4 is 52.7 Å². The Kier molecular flexibility index (Phi) is 26.3. The van der Waals surface area contributed by atoms with Gasteiger partial charge < -0.3 is 54.2 Å². The minimum absolute atomic E-state index is 0.0303. The van der Waals surface area contributed by atoms with E-state index < -0.39 is 47.6 Å². The number of rotatable bonds is 22. The lowest BCUT2D eigenvalue weighted by Crippen LogP contribution is -2.47. The predicted molar refractivity (Wildman–Crippen MR) is 363 cm³/mol. The molecule has 2 aliphatic heterocycles. The van der Waals surface area contributed by atoms with Crippen LogP contribution in [0.15, 0.2) is 164 Å². The molecule has 3 N–H and O–H groups in total. The third kappa shape index (κ3) is 19.4. The Balaban J connectivity index is 0.000000184. The molecule has 1 aliphatic carbocycles. The molecule has 0 bridgehead atoms. The monoisotopic (exact) mass is 1320 g/mol. The van der Waals surface area contributed by atoms with Gasteiger partial charge in [-0.3, -0.25) is 33.7 Å². The fourth-order valence-electron chi connectivity index (χ4n) is 11.2. The molecule has 4 unspecified atom stereocenters. The zero-order valence-corrected chi connectivity index (χ0v) is 54.7. The van der Waals surface area contributed by atoms with Crippen LogP contribution < -0.4 is 44.5 Å². The van der Waals surface area contributed by atoms with Crippen LogP contribution in [0.25, 0.3) is 0 Å². The van der Waals surface area contributed by atoms with E-state index in [1.54, 1.807) is 98.1 Å². The molecule has 0 spiro atoms. The minimum Gasteiger partial charge on any atom is -0.497 e. The zero-order chi connectivity index (χ0) is 68.5. The number of carbonyl (C=O) groups excluding carboxylic acids is 6. The van der Waals surface area contributed by atoms with Crippen LogP contribution in [-0.2, 0) is 53.1 Å². The highest BCUT2D eigenvalue weighted by molar-refractivity contribution is 6.30. The van der Waals surface area contributed by atoms with Crippen LogP contribution in [0.2, 0.25) is 5.02 Å². The Bertz CT molecular complexity index is 3910. The molecule has 7 aromatic carbocycles. The van der Waals surface area contributed by atoms with Crippen LogP contribution >= 0.6 is 11.6 Å². The summed E-state index contributed by atoms with van der Waals surface area (Å²) in [4.78, 5) is 82.6. The topological polar surface area (TPSA) is 204 Å². The lowest BCUT2D eigenvalue weighted by molar-refractivity contribution is -0.138. The van der Waals surface area contributed by atoms with E-state index in [9.17, 15) is 33.2 Å². The van der Waals surface area contributed by atoms with Gasteiger partial charge >= 0.3 is 5.91 Å². The van der Waals surface area contributed by atoms with Crippen LogP contribution in [0.1, 0.15) is 102 Å². The highest BCUT2D eigenvalue weighted by Crippen LogP contribution is 2.37. The number of hydrogen-bond donors (Lipinski definition) is 3. The Labute approximate surface area is 564 Å². The highest BCUT2D eigenvalue weighted by atomic mass is 35.5. The normalized spacial score (nSPS) is 14.4. The van der Waals surface area contributed by atoms with Crippen molar-refractivity contribution in [3.05, 3.63) is 214 Å². The van der Waals surface area contributed by atoms with Gasteiger partial charge in [0.25, 0.3) is 11.8 Å². The molecular weight excluding hydrogens is 1240 g/mol. The van der Waals surface area contributed by atoms with Crippen molar-refractivity contribution in [2.75, 3.05) is 46.2 Å². The van der Waals surface area contributed by atoms with Crippen LogP contribution in [0.4, 0.5) is 10.1 Å². The standard InChI is InChI=1S/C26H21FN2O4.C26H30N2O5.C24H25ClN2O3/c1-2-24(30)29(16-19-12-13-22-23(14-19)33-17-32-22)25(20-10-6-7-11-21(20)27)26(31)28-15-18-8-4-3-5-9-18;1-5-24(29)28(20-15-22(32-3)17-23(16-20)33-4)25(18-11-13-21(31-2)14-12-18)26(30)27-19-9-7-6-8-10-19;1-3-22(28)27(16-21-5-4-14-30-21)23(19-10-12-20(25)13-11-19)24(29)26-15-18-8-6-17(2)7-9-18/h1,3-14,25H,15-17H2,(H,28,31);1,11-17,19,25H,6-10H2,2-4H3,(H,27,30);1,6-13,21,23H,4-5,14-16H2,2H3,(H,26,29). The maximum absolute atomic E-state index is 14.8. The summed E-state index contributed by atoms with van der Waals surface area (Å²) in [6.07, 6.45) is 23.1. The van der Waals surface area contributed by atoms with Crippen LogP contribution in [-0.4, -0.2) is 98.7 Å². The average Bonchev–Trinajstić information content (AvgIpc) is 1.14. The zero-order valence-electron chi connectivity index (χ0n) is 53.9. The lowest BCUT2D eigenvalue weighted by Gasteiger charge is -2.32. The number of anilines is 1. The molecule has 2 heterocycles. The fraction of sp³-hybridized carbons (Fsp3) is 0.289. The van der Waals surface area contributed by atoms with Crippen molar-refractivity contribution in [2.24, 2.45) is 0 Å². The molecule has 18 nitrogen and oxygen atoms in total. The van der Waals surface area contributed by atoms with E-state index in [2.05, 4.69) is 33.7 Å². The lowest BCUT2D eigenvalue weighted by atomic mass is 9.94. The van der Waals surface area contributed by atoms with Gasteiger partial charge in [0.1, 0.15) is 41.2 Å². The van der Waals surface area contributed by atoms with E-state index in [-0.39, 0.29) is 56.0 Å². The summed E-state index contributed by atoms with van der Waals surface area (Å²) >= 11 is 6.02. The van der Waals surface area contributed by atoms with Gasteiger partial charge in [-0.2, -0.15) is 0 Å². The van der Waals surface area contributed by atoms with Gasteiger partial charge in [0.15, 0.2) is 11.5 Å². The minimum atomic E-state index is -1.27. The summed E-state index contributed by atoms with van der Waals surface area (Å²) in [6, 6.07) is 44.0. The molecule has 20 heteroatoms. The largest absolute Gasteiger partial charge is 0.497 e. The van der Waals surface area contributed by atoms with Crippen LogP contribution in [0.3, 0.4) is 0 Å². The number of amides is 6. The highest BCUT2D eigenvalue weighted by Gasteiger charge is 2.37. The number of halogens is 2. The Morgan fingerprint density at radius 3 is 1.74 bits per heavy atom. The second kappa shape index (κ2) is 35.5. The van der Waals surface area contributed by atoms with E-state index in [4.69, 9.17) is 59.3 Å². The third-order valence-corrected chi connectivity index (χ3v) is 16.5. The molecule has 2 fully saturated rings. The SMILES string of the molecule is C#CC(=O)N(CC1CCCO1)C(C(=O)NCc1ccc(C)cc1)c1ccc(Cl)cc1.C#CC(=O)N(Cc1ccc2c(c1)OCO2)C(C(=O)NCc1ccccc1)c1ccccc1F.C#CC(=O)N(c1cc(OC)cc(OC)c1)C(C(=O)NC1CCCCC1)c1ccc(OC)cc1. The second-order valence-electron chi connectivity index (χ2n) is 22.7. The third-order valence-electron chi connectivity index (χ3n) is 16.2. The number of terminal acetylenes is 3. The number of hydrogen-bond acceptors (Lipinski definition) is 12. The first kappa shape index (κ1) is 71.1. The quantitative estimate of drug-likeness (QED) is 0.0543. The van der Waals surface area contributed by atoms with Gasteiger partial charge in [-0.15, -0.1) is 19.3 Å². The van der Waals surface area contributed by atoms with E-state index >= 15 is 0 Å². The first-order chi connectivity index (χ1) is 46.5. The molecule has 1 saturated carbocycles. The van der Waals surface area contributed by atoms with Crippen molar-refractivity contribution < 1.29 is 61.6 Å². The Morgan fingerprint density at radius 2 is 1.14 bits per heavy atom. The summed E-state index contributed by atoms with van der Waals surface area (Å²) in [5.74, 6) is 5.40. The molecular formula is C76H76ClFN6O12. The van der Waals surface area contributed by atoms with Crippen molar-refractivity contribution in [3.63, 3.8) is 0 Å². The van der Waals surface area contributed by atoms with Crippen molar-refractivity contribution in [1.82, 2.24) is 25.8 Å². The molecule has 496 valence electrons. The number of benzene rings is 7. The van der Waals surface area contributed by atoms with Crippen molar-refractivity contribution in [3.8, 4) is 65.8 Å². The van der Waals surface area contributed by atoms with Gasteiger partial charge in [0.05, 0.1) is 33.1 Å². The van der Waals surface area contributed by atoms with Crippen LogP contribution in [0, 0.1) is 49.8 Å². The molecule has 6 amide bonds. The number of fused-ring (bicyclic) bond motifs is 1. The molecule has 0 radical (unpaired) electrons.